The summed E-state index contributed by atoms with van der Waals surface area (Å²) in [6.45, 7) is 6.46. The van der Waals surface area contributed by atoms with Crippen molar-refractivity contribution < 1.29 is 18.9 Å². The van der Waals surface area contributed by atoms with Gasteiger partial charge in [-0.1, -0.05) is 104 Å². The number of hydrogen-bond donors (Lipinski definition) is 2. The smallest absolute Gasteiger partial charge is 0.303 e. The van der Waals surface area contributed by atoms with Gasteiger partial charge in [-0.25, -0.2) is 4.57 Å². The summed E-state index contributed by atoms with van der Waals surface area (Å²) in [5.74, 6) is 0. The third kappa shape index (κ3) is 14.9. The molecule has 0 radical (unpaired) electrons. The van der Waals surface area contributed by atoms with Gasteiger partial charge in [0.05, 0.1) is 5.60 Å². The van der Waals surface area contributed by atoms with E-state index in [1.807, 2.05) is 0 Å². The molecule has 0 unspecified atom stereocenters. The fraction of sp³-hybridized carbons (Fsp3) is 1.00. The lowest BCUT2D eigenvalue weighted by molar-refractivity contribution is 0.00605. The minimum atomic E-state index is -4.44. The fourth-order valence-electron chi connectivity index (χ4n) is 3.52. The van der Waals surface area contributed by atoms with E-state index < -0.39 is 13.4 Å². The predicted octanol–water partition coefficient (Wildman–Crippen LogP) is 7.14. The largest absolute Gasteiger partial charge is 0.470 e. The molecule has 152 valence electrons. The van der Waals surface area contributed by atoms with Crippen LogP contribution in [0.15, 0.2) is 0 Å². The summed E-state index contributed by atoms with van der Waals surface area (Å²) in [5, 5.41) is 0. The molecule has 5 heteroatoms. The quantitative estimate of drug-likeness (QED) is 0.196. The van der Waals surface area contributed by atoms with Crippen molar-refractivity contribution in [1.82, 2.24) is 0 Å². The van der Waals surface area contributed by atoms with Crippen molar-refractivity contribution in [3.63, 3.8) is 0 Å². The fourth-order valence-corrected chi connectivity index (χ4v) is 4.30. The topological polar surface area (TPSA) is 66.8 Å². The molecule has 0 aromatic rings. The Bertz CT molecular complexity index is 333. The van der Waals surface area contributed by atoms with Crippen LogP contribution in [0, 0.1) is 0 Å². The van der Waals surface area contributed by atoms with Gasteiger partial charge in [-0.15, -0.1) is 0 Å². The molecule has 0 amide bonds. The Morgan fingerprint density at radius 3 is 1.40 bits per heavy atom. The van der Waals surface area contributed by atoms with Gasteiger partial charge in [0.25, 0.3) is 0 Å². The highest BCUT2D eigenvalue weighted by Crippen LogP contribution is 2.47. The third-order valence-corrected chi connectivity index (χ3v) is 5.65. The van der Waals surface area contributed by atoms with Crippen LogP contribution in [0.4, 0.5) is 0 Å². The van der Waals surface area contributed by atoms with Crippen molar-refractivity contribution in [2.75, 3.05) is 0 Å². The predicted molar refractivity (Wildman–Crippen MR) is 107 cm³/mol. The van der Waals surface area contributed by atoms with Gasteiger partial charge in [-0.3, -0.25) is 4.52 Å². The standard InChI is InChI=1S/C20H43O4P/c1-4-7-10-11-12-13-14-15-16-19-20(17-8-5-2,18-9-6-3)24-25(21,22)23/h4-19H2,1-3H3,(H2,21,22,23). The lowest BCUT2D eigenvalue weighted by Gasteiger charge is -2.34. The molecule has 0 atom stereocenters. The third-order valence-electron chi connectivity index (χ3n) is 5.02. The summed E-state index contributed by atoms with van der Waals surface area (Å²) in [4.78, 5) is 18.8. The van der Waals surface area contributed by atoms with Gasteiger partial charge < -0.3 is 9.79 Å². The molecule has 0 bridgehead atoms. The van der Waals surface area contributed by atoms with Crippen LogP contribution in [0.25, 0.3) is 0 Å². The highest BCUT2D eigenvalue weighted by molar-refractivity contribution is 7.46. The molecule has 0 aliphatic carbocycles. The molecule has 0 aliphatic rings. The first-order valence-corrected chi connectivity index (χ1v) is 12.2. The van der Waals surface area contributed by atoms with E-state index in [9.17, 15) is 14.4 Å². The summed E-state index contributed by atoms with van der Waals surface area (Å²) in [7, 11) is -4.44. The van der Waals surface area contributed by atoms with Gasteiger partial charge in [-0.05, 0) is 19.3 Å². The molecular weight excluding hydrogens is 335 g/mol. The maximum Gasteiger partial charge on any atom is 0.470 e. The first-order chi connectivity index (χ1) is 11.9. The van der Waals surface area contributed by atoms with E-state index in [0.717, 1.165) is 57.8 Å². The molecule has 0 fully saturated rings. The normalized spacial score (nSPS) is 12.7. The van der Waals surface area contributed by atoms with Crippen LogP contribution in [0.1, 0.15) is 124 Å². The van der Waals surface area contributed by atoms with Crippen molar-refractivity contribution >= 4 is 7.82 Å². The molecule has 0 rings (SSSR count). The van der Waals surface area contributed by atoms with Crippen LogP contribution < -0.4 is 0 Å². The molecule has 0 aromatic heterocycles. The number of unbranched alkanes of at least 4 members (excludes halogenated alkanes) is 10. The van der Waals surface area contributed by atoms with E-state index in [-0.39, 0.29) is 0 Å². The van der Waals surface area contributed by atoms with Crippen LogP contribution >= 0.6 is 7.82 Å². The highest BCUT2D eigenvalue weighted by atomic mass is 31.2. The van der Waals surface area contributed by atoms with Gasteiger partial charge in [0.2, 0.25) is 0 Å². The average molecular weight is 379 g/mol. The summed E-state index contributed by atoms with van der Waals surface area (Å²) in [5.41, 5.74) is -0.633. The molecule has 0 heterocycles. The van der Waals surface area contributed by atoms with E-state index in [2.05, 4.69) is 20.8 Å². The molecule has 0 aliphatic heterocycles. The number of phosphoric ester groups is 1. The van der Waals surface area contributed by atoms with Crippen molar-refractivity contribution in [2.24, 2.45) is 0 Å². The zero-order chi connectivity index (χ0) is 19.0. The average Bonchev–Trinajstić information content (AvgIpc) is 2.55. The van der Waals surface area contributed by atoms with E-state index >= 15 is 0 Å². The van der Waals surface area contributed by atoms with Crippen molar-refractivity contribution in [3.05, 3.63) is 0 Å². The van der Waals surface area contributed by atoms with Gasteiger partial charge >= 0.3 is 7.82 Å². The molecule has 0 spiro atoms. The van der Waals surface area contributed by atoms with Crippen LogP contribution in [0.2, 0.25) is 0 Å². The number of hydrogen-bond acceptors (Lipinski definition) is 2. The summed E-state index contributed by atoms with van der Waals surface area (Å²) in [6.07, 6.45) is 17.5. The molecule has 4 nitrogen and oxygen atoms in total. The Labute approximate surface area is 156 Å². The van der Waals surface area contributed by atoms with E-state index in [1.54, 1.807) is 0 Å². The van der Waals surface area contributed by atoms with Crippen LogP contribution in [-0.4, -0.2) is 15.4 Å². The highest BCUT2D eigenvalue weighted by Gasteiger charge is 2.36. The first kappa shape index (κ1) is 25.1. The lowest BCUT2D eigenvalue weighted by atomic mass is 9.86. The van der Waals surface area contributed by atoms with Crippen molar-refractivity contribution in [1.29, 1.82) is 0 Å². The maximum absolute atomic E-state index is 11.5. The summed E-state index contributed by atoms with van der Waals surface area (Å²) >= 11 is 0. The number of rotatable bonds is 18. The minimum Gasteiger partial charge on any atom is -0.303 e. The molecule has 2 N–H and O–H groups in total. The second kappa shape index (κ2) is 15.2. The molecule has 25 heavy (non-hydrogen) atoms. The van der Waals surface area contributed by atoms with Crippen LogP contribution in [-0.2, 0) is 9.09 Å². The SMILES string of the molecule is CCCCCCCCCCCC(CCCC)(CCCC)OP(=O)(O)O. The van der Waals surface area contributed by atoms with E-state index in [4.69, 9.17) is 4.52 Å². The second-order valence-corrected chi connectivity index (χ2v) is 8.71. The Morgan fingerprint density at radius 1 is 0.640 bits per heavy atom. The Balaban J connectivity index is 4.33. The van der Waals surface area contributed by atoms with Crippen LogP contribution in [0.5, 0.6) is 0 Å². The molecule has 0 aromatic carbocycles. The zero-order valence-corrected chi connectivity index (χ0v) is 17.9. The summed E-state index contributed by atoms with van der Waals surface area (Å²) < 4.78 is 16.9. The second-order valence-electron chi connectivity index (χ2n) is 7.55. The lowest BCUT2D eigenvalue weighted by Crippen LogP contribution is -2.32. The molecule has 0 saturated carbocycles. The van der Waals surface area contributed by atoms with Gasteiger partial charge in [0, 0.05) is 0 Å². The monoisotopic (exact) mass is 378 g/mol. The van der Waals surface area contributed by atoms with Crippen molar-refractivity contribution in [2.45, 2.75) is 129 Å². The van der Waals surface area contributed by atoms with Gasteiger partial charge in [-0.2, -0.15) is 0 Å². The molecular formula is C20H43O4P. The minimum absolute atomic E-state index is 0.633. The first-order valence-electron chi connectivity index (χ1n) is 10.7. The Kier molecular flexibility index (Phi) is 15.3. The molecule has 0 saturated heterocycles. The van der Waals surface area contributed by atoms with Crippen LogP contribution in [0.3, 0.4) is 0 Å². The van der Waals surface area contributed by atoms with E-state index in [0.29, 0.717) is 0 Å². The zero-order valence-electron chi connectivity index (χ0n) is 17.0. The van der Waals surface area contributed by atoms with Crippen molar-refractivity contribution in [3.8, 4) is 0 Å². The summed E-state index contributed by atoms with van der Waals surface area (Å²) in [6, 6.07) is 0. The van der Waals surface area contributed by atoms with Gasteiger partial charge in [0.1, 0.15) is 0 Å². The Hall–Kier alpha value is 0.110. The maximum atomic E-state index is 11.5. The van der Waals surface area contributed by atoms with E-state index in [1.165, 1.54) is 44.9 Å². The van der Waals surface area contributed by atoms with Gasteiger partial charge in [0.15, 0.2) is 0 Å². The number of phosphoric acid groups is 1. The Morgan fingerprint density at radius 2 is 1.00 bits per heavy atom.